The van der Waals surface area contributed by atoms with Gasteiger partial charge in [-0.15, -0.1) is 0 Å². The van der Waals surface area contributed by atoms with E-state index in [1.807, 2.05) is 31.2 Å². The van der Waals surface area contributed by atoms with Crippen molar-refractivity contribution < 1.29 is 4.74 Å². The third-order valence-electron chi connectivity index (χ3n) is 4.33. The fourth-order valence-electron chi connectivity index (χ4n) is 2.91. The number of benzene rings is 1. The summed E-state index contributed by atoms with van der Waals surface area (Å²) in [5, 5.41) is 15.7. The van der Waals surface area contributed by atoms with Gasteiger partial charge in [-0.3, -0.25) is 5.41 Å². The van der Waals surface area contributed by atoms with Crippen molar-refractivity contribution in [1.82, 2.24) is 15.3 Å². The zero-order valence-corrected chi connectivity index (χ0v) is 17.7. The first-order valence-electron chi connectivity index (χ1n) is 9.03. The van der Waals surface area contributed by atoms with Crippen LogP contribution in [0.1, 0.15) is 16.8 Å². The lowest BCUT2D eigenvalue weighted by molar-refractivity contribution is 0.309. The Morgan fingerprint density at radius 2 is 2.10 bits per heavy atom. The lowest BCUT2D eigenvalue weighted by Gasteiger charge is -2.15. The fraction of sp³-hybridized carbons (Fsp3) is 0.250. The number of rotatable bonds is 7. The molecule has 2 aromatic heterocycles. The number of anilines is 1. The maximum Gasteiger partial charge on any atom is 0.146 e. The normalized spacial score (nSPS) is 10.8. The number of fused-ring (bicyclic) bond motifs is 1. The quantitative estimate of drug-likeness (QED) is 0.334. The maximum atomic E-state index is 8.16. The lowest BCUT2D eigenvalue weighted by Crippen LogP contribution is -2.18. The van der Waals surface area contributed by atoms with E-state index in [1.165, 1.54) is 6.20 Å². The summed E-state index contributed by atoms with van der Waals surface area (Å²) in [6.07, 6.45) is 1.53. The number of amidine groups is 1. The average Bonchev–Trinajstić information content (AvgIpc) is 2.72. The van der Waals surface area contributed by atoms with E-state index in [-0.39, 0.29) is 6.61 Å². The van der Waals surface area contributed by atoms with Gasteiger partial charge in [0.25, 0.3) is 0 Å². The second-order valence-electron chi connectivity index (χ2n) is 6.34. The number of aromatic nitrogens is 2. The zero-order chi connectivity index (χ0) is 21.0. The molecule has 3 rings (SSSR count). The van der Waals surface area contributed by atoms with Crippen LogP contribution in [0.4, 0.5) is 5.82 Å². The Morgan fingerprint density at radius 3 is 2.83 bits per heavy atom. The Labute approximate surface area is 179 Å². The van der Waals surface area contributed by atoms with E-state index >= 15 is 0 Å². The highest BCUT2D eigenvalue weighted by molar-refractivity contribution is 6.37. The Morgan fingerprint density at radius 1 is 1.31 bits per heavy atom. The standard InChI is InChI=1S/C20H22Cl2N6O/c1-11-8-13(19(24)25-2)12-4-3-5-16(18(12)28-11)29-10-14-15(21)9-27-20(17(14)22)26-7-6-23/h3-5,8-9H,6-7,10,23H2,1-2H3,(H2,24,25)(H,26,27). The van der Waals surface area contributed by atoms with Gasteiger partial charge in [0, 0.05) is 48.5 Å². The molecule has 0 fully saturated rings. The molecule has 0 aliphatic rings. The molecule has 0 aliphatic carbocycles. The first-order valence-corrected chi connectivity index (χ1v) is 9.78. The highest BCUT2D eigenvalue weighted by Gasteiger charge is 2.15. The van der Waals surface area contributed by atoms with Crippen LogP contribution < -0.4 is 21.1 Å². The number of para-hydroxylation sites is 1. The van der Waals surface area contributed by atoms with E-state index in [0.29, 0.717) is 51.6 Å². The lowest BCUT2D eigenvalue weighted by atomic mass is 10.1. The molecule has 0 atom stereocenters. The van der Waals surface area contributed by atoms with Crippen molar-refractivity contribution in [2.75, 3.05) is 25.5 Å². The van der Waals surface area contributed by atoms with Crippen molar-refractivity contribution in [3.05, 3.63) is 57.3 Å². The fourth-order valence-corrected chi connectivity index (χ4v) is 3.43. The summed E-state index contributed by atoms with van der Waals surface area (Å²) in [6, 6.07) is 7.48. The number of halogens is 2. The molecule has 9 heteroatoms. The Hall–Kier alpha value is -2.61. The third kappa shape index (κ3) is 4.53. The van der Waals surface area contributed by atoms with Crippen LogP contribution in [-0.4, -0.2) is 35.9 Å². The van der Waals surface area contributed by atoms with Gasteiger partial charge < -0.3 is 21.1 Å². The molecule has 2 heterocycles. The van der Waals surface area contributed by atoms with E-state index in [1.54, 1.807) is 7.05 Å². The first-order chi connectivity index (χ1) is 14.0. The minimum absolute atomic E-state index is 0.144. The van der Waals surface area contributed by atoms with Crippen LogP contribution in [-0.2, 0) is 6.61 Å². The van der Waals surface area contributed by atoms with E-state index in [0.717, 1.165) is 16.6 Å². The smallest absolute Gasteiger partial charge is 0.146 e. The molecule has 0 saturated carbocycles. The largest absolute Gasteiger partial charge is 0.487 e. The van der Waals surface area contributed by atoms with Gasteiger partial charge in [0.1, 0.15) is 29.5 Å². The van der Waals surface area contributed by atoms with Gasteiger partial charge in [-0.2, -0.15) is 0 Å². The van der Waals surface area contributed by atoms with Gasteiger partial charge in [-0.05, 0) is 19.1 Å². The summed E-state index contributed by atoms with van der Waals surface area (Å²) in [4.78, 5) is 8.82. The molecule has 0 spiro atoms. The molecular weight excluding hydrogens is 411 g/mol. The van der Waals surface area contributed by atoms with Crippen LogP contribution in [0.5, 0.6) is 5.75 Å². The van der Waals surface area contributed by atoms with Crippen LogP contribution in [0.25, 0.3) is 10.9 Å². The van der Waals surface area contributed by atoms with Crippen LogP contribution in [0, 0.1) is 12.3 Å². The number of pyridine rings is 2. The average molecular weight is 433 g/mol. The number of hydrogen-bond acceptors (Lipinski definition) is 6. The molecule has 0 aliphatic heterocycles. The maximum absolute atomic E-state index is 8.16. The minimum Gasteiger partial charge on any atom is -0.487 e. The summed E-state index contributed by atoms with van der Waals surface area (Å²) in [7, 11) is 1.72. The molecule has 0 unspecified atom stereocenters. The summed E-state index contributed by atoms with van der Waals surface area (Å²) in [5.41, 5.74) is 8.37. The van der Waals surface area contributed by atoms with E-state index in [4.69, 9.17) is 39.1 Å². The Kier molecular flexibility index (Phi) is 6.74. The van der Waals surface area contributed by atoms with E-state index in [2.05, 4.69) is 20.6 Å². The van der Waals surface area contributed by atoms with Gasteiger partial charge in [-0.1, -0.05) is 35.3 Å². The van der Waals surface area contributed by atoms with Gasteiger partial charge in [0.05, 0.1) is 10.0 Å². The molecule has 152 valence electrons. The van der Waals surface area contributed by atoms with Crippen LogP contribution in [0.3, 0.4) is 0 Å². The number of hydrogen-bond donors (Lipinski definition) is 4. The second-order valence-corrected chi connectivity index (χ2v) is 7.13. The summed E-state index contributed by atoms with van der Waals surface area (Å²) in [5.74, 6) is 1.40. The summed E-state index contributed by atoms with van der Waals surface area (Å²) < 4.78 is 6.05. The van der Waals surface area contributed by atoms with Crippen molar-refractivity contribution in [2.45, 2.75) is 13.5 Å². The number of nitrogens with one attached hydrogen (secondary N) is 3. The molecule has 0 bridgehead atoms. The molecule has 3 aromatic rings. The van der Waals surface area contributed by atoms with Gasteiger partial charge in [0.2, 0.25) is 0 Å². The highest BCUT2D eigenvalue weighted by Crippen LogP contribution is 2.32. The topological polar surface area (TPSA) is 109 Å². The molecular formula is C20H22Cl2N6O. The van der Waals surface area contributed by atoms with Gasteiger partial charge in [0.15, 0.2) is 0 Å². The SMILES string of the molecule is CNC(=N)c1cc(C)nc2c(OCc3c(Cl)cnc(NCCN)c3Cl)cccc12. The number of nitrogens with two attached hydrogens (primary N) is 1. The van der Waals surface area contributed by atoms with Crippen molar-refractivity contribution in [2.24, 2.45) is 5.73 Å². The van der Waals surface area contributed by atoms with Crippen LogP contribution in [0.2, 0.25) is 10.0 Å². The third-order valence-corrected chi connectivity index (χ3v) is 5.06. The summed E-state index contributed by atoms with van der Waals surface area (Å²) >= 11 is 12.8. The number of ether oxygens (including phenoxy) is 1. The highest BCUT2D eigenvalue weighted by atomic mass is 35.5. The molecule has 7 nitrogen and oxygen atoms in total. The van der Waals surface area contributed by atoms with E-state index in [9.17, 15) is 0 Å². The molecule has 0 saturated heterocycles. The molecule has 29 heavy (non-hydrogen) atoms. The molecule has 0 amide bonds. The minimum atomic E-state index is 0.144. The zero-order valence-electron chi connectivity index (χ0n) is 16.1. The van der Waals surface area contributed by atoms with Crippen LogP contribution >= 0.6 is 23.2 Å². The predicted molar refractivity (Wildman–Crippen MR) is 119 cm³/mol. The summed E-state index contributed by atoms with van der Waals surface area (Å²) in [6.45, 7) is 3.03. The molecule has 0 radical (unpaired) electrons. The van der Waals surface area contributed by atoms with Crippen molar-refractivity contribution in [3.8, 4) is 5.75 Å². The first kappa shape index (κ1) is 21.1. The molecule has 5 N–H and O–H groups in total. The van der Waals surface area contributed by atoms with E-state index < -0.39 is 0 Å². The van der Waals surface area contributed by atoms with Gasteiger partial charge in [-0.25, -0.2) is 9.97 Å². The Balaban J connectivity index is 1.96. The number of nitrogens with zero attached hydrogens (tertiary/aromatic N) is 2. The molecule has 1 aromatic carbocycles. The van der Waals surface area contributed by atoms with Crippen molar-refractivity contribution in [1.29, 1.82) is 5.41 Å². The Bertz CT molecular complexity index is 1060. The van der Waals surface area contributed by atoms with Crippen molar-refractivity contribution >= 4 is 45.8 Å². The predicted octanol–water partition coefficient (Wildman–Crippen LogP) is 3.74. The van der Waals surface area contributed by atoms with Gasteiger partial charge >= 0.3 is 0 Å². The number of aryl methyl sites for hydroxylation is 1. The second kappa shape index (κ2) is 9.26. The van der Waals surface area contributed by atoms with Crippen molar-refractivity contribution in [3.63, 3.8) is 0 Å². The van der Waals surface area contributed by atoms with Crippen LogP contribution in [0.15, 0.2) is 30.5 Å². The monoisotopic (exact) mass is 432 g/mol.